The van der Waals surface area contributed by atoms with Crippen LogP contribution in [-0.4, -0.2) is 23.0 Å². The monoisotopic (exact) mass is 258 g/mol. The topological polar surface area (TPSA) is 46.5 Å². The number of para-hydroxylation sites is 1. The Labute approximate surface area is 90.8 Å². The molecule has 0 heterocycles. The first kappa shape index (κ1) is 11.0. The molecule has 0 radical (unpaired) electrons. The van der Waals surface area contributed by atoms with Gasteiger partial charge in [-0.3, -0.25) is 4.79 Å². The molecule has 3 nitrogen and oxygen atoms in total. The smallest absolute Gasteiger partial charge is 0.307 e. The average Bonchev–Trinajstić information content (AvgIpc) is 2.16. The number of benzene rings is 1. The summed E-state index contributed by atoms with van der Waals surface area (Å²) in [6.07, 6.45) is -0.00153. The number of rotatable bonds is 5. The Morgan fingerprint density at radius 3 is 2.79 bits per heavy atom. The molecule has 0 amide bonds. The maximum atomic E-state index is 10.5. The van der Waals surface area contributed by atoms with E-state index in [2.05, 4.69) is 15.9 Å². The summed E-state index contributed by atoms with van der Waals surface area (Å²) >= 11 is 3.24. The predicted molar refractivity (Wildman–Crippen MR) is 57.1 cm³/mol. The largest absolute Gasteiger partial charge is 0.492 e. The van der Waals surface area contributed by atoms with Crippen LogP contribution in [0.15, 0.2) is 24.3 Å². The minimum Gasteiger partial charge on any atom is -0.492 e. The van der Waals surface area contributed by atoms with Gasteiger partial charge in [0, 0.05) is 10.9 Å². The standard InChI is InChI=1S/C10H11BrO3/c11-5-6-14-9-4-2-1-3-8(9)7-10(12)13/h1-4H,5-7H2,(H,12,13). The van der Waals surface area contributed by atoms with Gasteiger partial charge >= 0.3 is 5.97 Å². The van der Waals surface area contributed by atoms with Crippen molar-refractivity contribution in [2.75, 3.05) is 11.9 Å². The summed E-state index contributed by atoms with van der Waals surface area (Å²) in [5.74, 6) is -0.200. The van der Waals surface area contributed by atoms with Crippen molar-refractivity contribution in [3.63, 3.8) is 0 Å². The molecule has 0 aliphatic rings. The van der Waals surface area contributed by atoms with Gasteiger partial charge in [-0.05, 0) is 6.07 Å². The van der Waals surface area contributed by atoms with E-state index in [0.717, 1.165) is 5.33 Å². The highest BCUT2D eigenvalue weighted by Crippen LogP contribution is 2.18. The van der Waals surface area contributed by atoms with E-state index in [1.807, 2.05) is 6.07 Å². The highest BCUT2D eigenvalue weighted by atomic mass is 79.9. The molecule has 14 heavy (non-hydrogen) atoms. The molecule has 0 aromatic heterocycles. The van der Waals surface area contributed by atoms with Crippen LogP contribution >= 0.6 is 15.9 Å². The van der Waals surface area contributed by atoms with Crippen LogP contribution in [0.4, 0.5) is 0 Å². The molecule has 4 heteroatoms. The van der Waals surface area contributed by atoms with Crippen LogP contribution in [0.25, 0.3) is 0 Å². The van der Waals surface area contributed by atoms with Crippen LogP contribution in [-0.2, 0) is 11.2 Å². The predicted octanol–water partition coefficient (Wildman–Crippen LogP) is 2.09. The second-order valence-corrected chi connectivity index (χ2v) is 3.51. The molecule has 0 atom stereocenters. The summed E-state index contributed by atoms with van der Waals surface area (Å²) in [4.78, 5) is 10.5. The third-order valence-corrected chi connectivity index (χ3v) is 1.97. The number of halogens is 1. The first-order valence-corrected chi connectivity index (χ1v) is 5.34. The Bertz CT molecular complexity index is 312. The van der Waals surface area contributed by atoms with Gasteiger partial charge in [-0.2, -0.15) is 0 Å². The second kappa shape index (κ2) is 5.65. The van der Waals surface area contributed by atoms with Crippen LogP contribution in [0, 0.1) is 0 Å². The lowest BCUT2D eigenvalue weighted by Gasteiger charge is -2.08. The van der Waals surface area contributed by atoms with Gasteiger partial charge in [-0.15, -0.1) is 0 Å². The zero-order valence-corrected chi connectivity index (χ0v) is 9.16. The summed E-state index contributed by atoms with van der Waals surface area (Å²) in [6, 6.07) is 7.17. The summed E-state index contributed by atoms with van der Waals surface area (Å²) in [5, 5.41) is 9.38. The lowest BCUT2D eigenvalue weighted by atomic mass is 10.1. The van der Waals surface area contributed by atoms with Crippen LogP contribution in [0.5, 0.6) is 5.75 Å². The van der Waals surface area contributed by atoms with Crippen molar-refractivity contribution in [2.45, 2.75) is 6.42 Å². The normalized spacial score (nSPS) is 9.79. The second-order valence-electron chi connectivity index (χ2n) is 2.72. The number of hydrogen-bond donors (Lipinski definition) is 1. The molecule has 0 fully saturated rings. The fourth-order valence-corrected chi connectivity index (χ4v) is 1.26. The van der Waals surface area contributed by atoms with Gasteiger partial charge in [0.05, 0.1) is 13.0 Å². The molecule has 1 rings (SSSR count). The Hall–Kier alpha value is -1.03. The molecule has 1 aromatic carbocycles. The van der Waals surface area contributed by atoms with Crippen LogP contribution in [0.2, 0.25) is 0 Å². The van der Waals surface area contributed by atoms with Crippen molar-refractivity contribution < 1.29 is 14.6 Å². The number of alkyl halides is 1. The summed E-state index contributed by atoms with van der Waals surface area (Å²) in [7, 11) is 0. The summed E-state index contributed by atoms with van der Waals surface area (Å²) in [5.41, 5.74) is 0.709. The maximum Gasteiger partial charge on any atom is 0.307 e. The Morgan fingerprint density at radius 1 is 1.43 bits per heavy atom. The van der Waals surface area contributed by atoms with Crippen molar-refractivity contribution in [3.8, 4) is 5.75 Å². The third-order valence-electron chi connectivity index (χ3n) is 1.65. The van der Waals surface area contributed by atoms with E-state index >= 15 is 0 Å². The third kappa shape index (κ3) is 3.38. The van der Waals surface area contributed by atoms with E-state index < -0.39 is 5.97 Å². The van der Waals surface area contributed by atoms with Gasteiger partial charge < -0.3 is 9.84 Å². The molecule has 0 spiro atoms. The number of ether oxygens (including phenoxy) is 1. The lowest BCUT2D eigenvalue weighted by Crippen LogP contribution is -2.05. The molecule has 1 aromatic rings. The molecular weight excluding hydrogens is 248 g/mol. The van der Waals surface area contributed by atoms with Gasteiger partial charge in [-0.1, -0.05) is 34.1 Å². The molecule has 0 aliphatic heterocycles. The lowest BCUT2D eigenvalue weighted by molar-refractivity contribution is -0.136. The van der Waals surface area contributed by atoms with Crippen LogP contribution in [0.3, 0.4) is 0 Å². The van der Waals surface area contributed by atoms with E-state index in [0.29, 0.717) is 17.9 Å². The van der Waals surface area contributed by atoms with E-state index in [1.165, 1.54) is 0 Å². The minimum absolute atomic E-state index is 0.00153. The zero-order chi connectivity index (χ0) is 10.4. The minimum atomic E-state index is -0.847. The maximum absolute atomic E-state index is 10.5. The van der Waals surface area contributed by atoms with Gasteiger partial charge in [0.2, 0.25) is 0 Å². The quantitative estimate of drug-likeness (QED) is 0.823. The fourth-order valence-electron chi connectivity index (χ4n) is 1.10. The first-order chi connectivity index (χ1) is 6.74. The SMILES string of the molecule is O=C(O)Cc1ccccc1OCCBr. The Morgan fingerprint density at radius 2 is 2.14 bits per heavy atom. The van der Waals surface area contributed by atoms with E-state index in [-0.39, 0.29) is 6.42 Å². The number of carboxylic acids is 1. The molecule has 76 valence electrons. The number of aliphatic carboxylic acids is 1. The number of carbonyl (C=O) groups is 1. The van der Waals surface area contributed by atoms with E-state index in [1.54, 1.807) is 18.2 Å². The van der Waals surface area contributed by atoms with Gasteiger partial charge in [0.1, 0.15) is 5.75 Å². The summed E-state index contributed by atoms with van der Waals surface area (Å²) in [6.45, 7) is 0.538. The van der Waals surface area contributed by atoms with Gasteiger partial charge in [0.15, 0.2) is 0 Å². The fraction of sp³-hybridized carbons (Fsp3) is 0.300. The van der Waals surface area contributed by atoms with Crippen molar-refractivity contribution in [1.29, 1.82) is 0 Å². The van der Waals surface area contributed by atoms with Crippen LogP contribution < -0.4 is 4.74 Å². The zero-order valence-electron chi connectivity index (χ0n) is 7.57. The molecule has 0 aliphatic carbocycles. The average molecular weight is 259 g/mol. The molecular formula is C10H11BrO3. The highest BCUT2D eigenvalue weighted by Gasteiger charge is 2.06. The molecule has 0 unspecified atom stereocenters. The Kier molecular flexibility index (Phi) is 4.46. The van der Waals surface area contributed by atoms with E-state index in [9.17, 15) is 4.79 Å². The molecule has 0 saturated carbocycles. The highest BCUT2D eigenvalue weighted by molar-refractivity contribution is 9.09. The Balaban J connectivity index is 2.74. The molecule has 1 N–H and O–H groups in total. The van der Waals surface area contributed by atoms with Crippen LogP contribution in [0.1, 0.15) is 5.56 Å². The number of hydrogen-bond acceptors (Lipinski definition) is 2. The van der Waals surface area contributed by atoms with Crippen molar-refractivity contribution in [1.82, 2.24) is 0 Å². The first-order valence-electron chi connectivity index (χ1n) is 4.22. The van der Waals surface area contributed by atoms with Gasteiger partial charge in [0.25, 0.3) is 0 Å². The van der Waals surface area contributed by atoms with Crippen molar-refractivity contribution in [3.05, 3.63) is 29.8 Å². The van der Waals surface area contributed by atoms with Crippen molar-refractivity contribution in [2.24, 2.45) is 0 Å². The van der Waals surface area contributed by atoms with Crippen molar-refractivity contribution >= 4 is 21.9 Å². The molecule has 0 saturated heterocycles. The van der Waals surface area contributed by atoms with E-state index in [4.69, 9.17) is 9.84 Å². The summed E-state index contributed by atoms with van der Waals surface area (Å²) < 4.78 is 5.38. The van der Waals surface area contributed by atoms with Gasteiger partial charge in [-0.25, -0.2) is 0 Å². The number of carboxylic acid groups (broad SMARTS) is 1. The molecule has 0 bridgehead atoms.